The van der Waals surface area contributed by atoms with Gasteiger partial charge < -0.3 is 9.64 Å². The van der Waals surface area contributed by atoms with E-state index >= 15 is 0 Å². The van der Waals surface area contributed by atoms with Gasteiger partial charge in [-0.2, -0.15) is 0 Å². The number of rotatable bonds is 10. The van der Waals surface area contributed by atoms with E-state index in [4.69, 9.17) is 4.74 Å². The van der Waals surface area contributed by atoms with Gasteiger partial charge in [0.05, 0.1) is 6.61 Å². The molecule has 0 radical (unpaired) electrons. The molecule has 0 heterocycles. The molecule has 20 heavy (non-hydrogen) atoms. The third-order valence-electron chi connectivity index (χ3n) is 4.37. The zero-order valence-corrected chi connectivity index (χ0v) is 13.3. The van der Waals surface area contributed by atoms with Gasteiger partial charge in [0, 0.05) is 12.6 Å². The van der Waals surface area contributed by atoms with Gasteiger partial charge in [-0.25, -0.2) is 4.79 Å². The summed E-state index contributed by atoms with van der Waals surface area (Å²) in [7, 11) is 2.13. The van der Waals surface area contributed by atoms with Gasteiger partial charge in [0.2, 0.25) is 0 Å². The number of likely N-dealkylation sites (N-methyl/N-ethyl adjacent to an activating group) is 1. The van der Waals surface area contributed by atoms with Gasteiger partial charge >= 0.3 is 5.97 Å². The van der Waals surface area contributed by atoms with E-state index in [0.717, 1.165) is 25.9 Å². The lowest BCUT2D eigenvalue weighted by molar-refractivity contribution is -0.153. The Morgan fingerprint density at radius 1 is 1.30 bits per heavy atom. The minimum absolute atomic E-state index is 0.0299. The molecule has 0 saturated heterocycles. The minimum atomic E-state index is -0.459. The zero-order valence-electron chi connectivity index (χ0n) is 13.3. The molecule has 0 aromatic heterocycles. The van der Waals surface area contributed by atoms with Crippen LogP contribution in [-0.2, 0) is 9.53 Å². The molecule has 0 aromatic rings. The van der Waals surface area contributed by atoms with Crippen LogP contribution in [-0.4, -0.2) is 49.2 Å². The summed E-state index contributed by atoms with van der Waals surface area (Å²) < 4.78 is 5.41. The molecule has 2 aliphatic rings. The predicted octanol–water partition coefficient (Wildman–Crippen LogP) is 2.18. The Balaban J connectivity index is 2.05. The molecule has 1 N–H and O–H groups in total. The van der Waals surface area contributed by atoms with E-state index in [-0.39, 0.29) is 5.97 Å². The Hall–Kier alpha value is -0.610. The number of nitrogens with zero attached hydrogens (tertiary/aromatic N) is 1. The summed E-state index contributed by atoms with van der Waals surface area (Å²) in [6.07, 6.45) is 7.08. The van der Waals surface area contributed by atoms with Crippen molar-refractivity contribution >= 4 is 5.97 Å². The van der Waals surface area contributed by atoms with Crippen molar-refractivity contribution in [2.45, 2.75) is 64.0 Å². The van der Waals surface area contributed by atoms with Gasteiger partial charge in [0.15, 0.2) is 0 Å². The highest BCUT2D eigenvalue weighted by molar-refractivity contribution is 5.82. The molecule has 1 atom stereocenters. The fourth-order valence-electron chi connectivity index (χ4n) is 2.94. The van der Waals surface area contributed by atoms with Crippen molar-refractivity contribution < 1.29 is 9.53 Å². The maximum atomic E-state index is 12.6. The first-order valence-corrected chi connectivity index (χ1v) is 8.25. The highest BCUT2D eigenvalue weighted by Crippen LogP contribution is 2.42. The lowest BCUT2D eigenvalue weighted by Gasteiger charge is -2.36. The van der Waals surface area contributed by atoms with Crippen molar-refractivity contribution in [2.24, 2.45) is 5.92 Å². The molecule has 2 fully saturated rings. The molecule has 116 valence electrons. The minimum Gasteiger partial charge on any atom is -0.465 e. The van der Waals surface area contributed by atoms with E-state index in [1.807, 2.05) is 6.92 Å². The fourth-order valence-corrected chi connectivity index (χ4v) is 2.94. The lowest BCUT2D eigenvalue weighted by atomic mass is 9.91. The summed E-state index contributed by atoms with van der Waals surface area (Å²) >= 11 is 0. The third-order valence-corrected chi connectivity index (χ3v) is 4.37. The van der Waals surface area contributed by atoms with Crippen LogP contribution in [0.1, 0.15) is 52.4 Å². The van der Waals surface area contributed by atoms with Crippen LogP contribution in [0.5, 0.6) is 0 Å². The summed E-state index contributed by atoms with van der Waals surface area (Å²) in [6, 6.07) is 0.527. The molecule has 2 aliphatic carbocycles. The average molecular weight is 282 g/mol. The summed E-state index contributed by atoms with van der Waals surface area (Å²) in [5.74, 6) is 0.434. The van der Waals surface area contributed by atoms with Crippen molar-refractivity contribution in [1.82, 2.24) is 10.2 Å². The number of nitrogens with one attached hydrogen (secondary N) is 1. The first-order valence-electron chi connectivity index (χ1n) is 8.25. The predicted molar refractivity (Wildman–Crippen MR) is 80.7 cm³/mol. The van der Waals surface area contributed by atoms with Crippen LogP contribution in [0, 0.1) is 5.92 Å². The molecule has 0 spiro atoms. The number of unbranched alkanes of at least 4 members (excludes halogenated alkanes) is 1. The summed E-state index contributed by atoms with van der Waals surface area (Å²) in [5.41, 5.74) is -0.459. The van der Waals surface area contributed by atoms with E-state index in [2.05, 4.69) is 24.2 Å². The number of hydrogen-bond donors (Lipinski definition) is 1. The maximum Gasteiger partial charge on any atom is 0.327 e. The second-order valence-corrected chi connectivity index (χ2v) is 6.48. The third kappa shape index (κ3) is 3.95. The van der Waals surface area contributed by atoms with Gasteiger partial charge in [0.25, 0.3) is 0 Å². The molecule has 4 heteroatoms. The van der Waals surface area contributed by atoms with Crippen molar-refractivity contribution in [3.8, 4) is 0 Å². The van der Waals surface area contributed by atoms with E-state index in [1.54, 1.807) is 0 Å². The molecular weight excluding hydrogens is 252 g/mol. The van der Waals surface area contributed by atoms with Crippen LogP contribution < -0.4 is 5.32 Å². The standard InChI is InChI=1S/C16H30N2O2/c1-4-6-11-18(3)12-16(13-7-8-13,15(19)20-5-2)17-14-9-10-14/h13-14,17H,4-12H2,1-3H3. The molecule has 2 rings (SSSR count). The van der Waals surface area contributed by atoms with Crippen molar-refractivity contribution in [3.05, 3.63) is 0 Å². The molecule has 0 amide bonds. The largest absolute Gasteiger partial charge is 0.465 e. The molecule has 2 saturated carbocycles. The van der Waals surface area contributed by atoms with Crippen LogP contribution in [0.4, 0.5) is 0 Å². The van der Waals surface area contributed by atoms with Crippen molar-refractivity contribution in [1.29, 1.82) is 0 Å². The van der Waals surface area contributed by atoms with Gasteiger partial charge in [-0.05, 0) is 58.5 Å². The second-order valence-electron chi connectivity index (χ2n) is 6.48. The monoisotopic (exact) mass is 282 g/mol. The van der Waals surface area contributed by atoms with Crippen molar-refractivity contribution in [3.63, 3.8) is 0 Å². The van der Waals surface area contributed by atoms with E-state index in [9.17, 15) is 4.79 Å². The van der Waals surface area contributed by atoms with Crippen LogP contribution in [0.25, 0.3) is 0 Å². The van der Waals surface area contributed by atoms with E-state index in [1.165, 1.54) is 25.7 Å². The number of ether oxygens (including phenoxy) is 1. The number of hydrogen-bond acceptors (Lipinski definition) is 4. The highest BCUT2D eigenvalue weighted by Gasteiger charge is 2.54. The van der Waals surface area contributed by atoms with Crippen molar-refractivity contribution in [2.75, 3.05) is 26.7 Å². The smallest absolute Gasteiger partial charge is 0.327 e. The van der Waals surface area contributed by atoms with Crippen LogP contribution in [0.2, 0.25) is 0 Å². The van der Waals surface area contributed by atoms with E-state index < -0.39 is 5.54 Å². The topological polar surface area (TPSA) is 41.6 Å². The first kappa shape index (κ1) is 15.8. The van der Waals surface area contributed by atoms with Gasteiger partial charge in [-0.15, -0.1) is 0 Å². The quantitative estimate of drug-likeness (QED) is 0.624. The molecule has 0 bridgehead atoms. The van der Waals surface area contributed by atoms with Gasteiger partial charge in [-0.3, -0.25) is 5.32 Å². The zero-order chi connectivity index (χ0) is 14.6. The maximum absolute atomic E-state index is 12.6. The molecule has 0 aliphatic heterocycles. The summed E-state index contributed by atoms with van der Waals surface area (Å²) in [6.45, 7) is 6.41. The average Bonchev–Trinajstić information content (AvgIpc) is 3.27. The number of carbonyl (C=O) groups is 1. The Bertz CT molecular complexity index is 326. The van der Waals surface area contributed by atoms with Gasteiger partial charge in [-0.1, -0.05) is 13.3 Å². The molecule has 4 nitrogen and oxygen atoms in total. The molecule has 0 aromatic carbocycles. The summed E-state index contributed by atoms with van der Waals surface area (Å²) in [5, 5.41) is 3.64. The van der Waals surface area contributed by atoms with Crippen LogP contribution in [0.15, 0.2) is 0 Å². The molecule has 1 unspecified atom stereocenters. The molecular formula is C16H30N2O2. The van der Waals surface area contributed by atoms with Crippen LogP contribution >= 0.6 is 0 Å². The normalized spacial score (nSPS) is 21.8. The lowest BCUT2D eigenvalue weighted by Crippen LogP contribution is -2.61. The second kappa shape index (κ2) is 6.90. The Morgan fingerprint density at radius 2 is 2.00 bits per heavy atom. The SMILES string of the molecule is CCCCN(C)CC(NC1CC1)(C(=O)OCC)C1CC1. The first-order chi connectivity index (χ1) is 9.62. The van der Waals surface area contributed by atoms with Gasteiger partial charge in [0.1, 0.15) is 5.54 Å². The number of esters is 1. The summed E-state index contributed by atoms with van der Waals surface area (Å²) in [4.78, 5) is 14.9. The highest BCUT2D eigenvalue weighted by atomic mass is 16.5. The number of carbonyl (C=O) groups excluding carboxylic acids is 1. The fraction of sp³-hybridized carbons (Fsp3) is 0.938. The Kier molecular flexibility index (Phi) is 5.44. The Labute approximate surface area is 123 Å². The van der Waals surface area contributed by atoms with Crippen LogP contribution in [0.3, 0.4) is 0 Å². The van der Waals surface area contributed by atoms with E-state index in [0.29, 0.717) is 18.6 Å². The Morgan fingerprint density at radius 3 is 2.50 bits per heavy atom.